The number of hydrogen-bond donors (Lipinski definition) is 4. The minimum Gasteiger partial charge on any atom is -0.398 e. The van der Waals surface area contributed by atoms with Gasteiger partial charge in [0.2, 0.25) is 0 Å². The van der Waals surface area contributed by atoms with Crippen molar-refractivity contribution in [3.8, 4) is 0 Å². The third-order valence-corrected chi connectivity index (χ3v) is 6.64. The normalized spacial score (nSPS) is 19.5. The van der Waals surface area contributed by atoms with Crippen LogP contribution in [0.3, 0.4) is 0 Å². The summed E-state index contributed by atoms with van der Waals surface area (Å²) in [6.07, 6.45) is 1.20. The number of fused-ring (bicyclic) bond motifs is 1. The van der Waals surface area contributed by atoms with Crippen LogP contribution in [0.4, 0.5) is 25.0 Å². The zero-order valence-electron chi connectivity index (χ0n) is 18.9. The van der Waals surface area contributed by atoms with E-state index in [1.807, 2.05) is 0 Å². The van der Waals surface area contributed by atoms with Crippen molar-refractivity contribution in [2.24, 2.45) is 0 Å². The molecule has 0 saturated carbocycles. The van der Waals surface area contributed by atoms with Crippen molar-refractivity contribution in [3.05, 3.63) is 34.5 Å². The fourth-order valence-electron chi connectivity index (χ4n) is 4.81. The van der Waals surface area contributed by atoms with Crippen LogP contribution in [0.2, 0.25) is 0 Å². The molecular weight excluding hydrogens is 430 g/mol. The molecule has 0 bridgehead atoms. The number of nitrogens with one attached hydrogen (secondary N) is 3. The molecule has 0 unspecified atom stereocenters. The molecule has 2 amide bonds. The second-order valence-corrected chi connectivity index (χ2v) is 8.73. The van der Waals surface area contributed by atoms with Crippen LogP contribution in [0.5, 0.6) is 0 Å². The Labute approximate surface area is 192 Å². The van der Waals surface area contributed by atoms with Gasteiger partial charge in [0.15, 0.2) is 0 Å². The fraction of sp³-hybridized carbons (Fsp3) is 0.565. The van der Waals surface area contributed by atoms with Crippen molar-refractivity contribution < 1.29 is 18.3 Å². The molecule has 1 aromatic rings. The molecule has 0 atom stereocenters. The number of nitrogens with zero attached hydrogens (tertiary/aromatic N) is 2. The number of alkyl halides is 2. The zero-order valence-corrected chi connectivity index (χ0v) is 18.9. The predicted molar refractivity (Wildman–Crippen MR) is 124 cm³/mol. The van der Waals surface area contributed by atoms with Gasteiger partial charge >= 0.3 is 6.03 Å². The van der Waals surface area contributed by atoms with Crippen molar-refractivity contribution in [1.29, 1.82) is 5.41 Å². The largest absolute Gasteiger partial charge is 0.398 e. The van der Waals surface area contributed by atoms with Gasteiger partial charge in [-0.15, -0.1) is 0 Å². The summed E-state index contributed by atoms with van der Waals surface area (Å²) in [4.78, 5) is 15.8. The summed E-state index contributed by atoms with van der Waals surface area (Å²) in [6.45, 7) is 2.77. The third kappa shape index (κ3) is 4.90. The molecule has 1 aromatic carbocycles. The zero-order chi connectivity index (χ0) is 23.5. The number of urea groups is 1. The highest BCUT2D eigenvalue weighted by Crippen LogP contribution is 2.37. The molecule has 1 saturated heterocycles. The number of nitrogen functional groups attached to an aromatic ring is 1. The van der Waals surface area contributed by atoms with Crippen molar-refractivity contribution in [2.75, 3.05) is 50.5 Å². The standard InChI is InChI=1S/C23H32F2N6O2/c1-28-23(32)30-8-4-19(29-15-5-9-33-10-6-15)17(13-30)22(27)31-7-2-3-14-11-18(26)16(21(24)25)12-20(14)31/h11-12,15,21,27,29H,2-10,13,26H2,1H3,(H,28,32). The lowest BCUT2D eigenvalue weighted by Gasteiger charge is -2.38. The number of halogens is 2. The summed E-state index contributed by atoms with van der Waals surface area (Å²) >= 11 is 0. The molecule has 5 N–H and O–H groups in total. The van der Waals surface area contributed by atoms with E-state index in [2.05, 4.69) is 10.6 Å². The Hall–Kier alpha value is -2.88. The van der Waals surface area contributed by atoms with Gasteiger partial charge in [-0.2, -0.15) is 0 Å². The maximum atomic E-state index is 13.5. The van der Waals surface area contributed by atoms with Crippen LogP contribution in [0.15, 0.2) is 23.4 Å². The van der Waals surface area contributed by atoms with Gasteiger partial charge < -0.3 is 30.9 Å². The highest BCUT2D eigenvalue weighted by molar-refractivity contribution is 6.09. The Morgan fingerprint density at radius 1 is 1.24 bits per heavy atom. The Morgan fingerprint density at radius 3 is 2.70 bits per heavy atom. The molecule has 33 heavy (non-hydrogen) atoms. The minimum atomic E-state index is -2.68. The minimum absolute atomic E-state index is 0.0849. The SMILES string of the molecule is CNC(=O)N1CCC(NC2CCOCC2)=C(C(=N)N2CCCc3cc(N)c(C(F)F)cc32)C1. The van der Waals surface area contributed by atoms with Crippen LogP contribution in [0, 0.1) is 5.41 Å². The average Bonchev–Trinajstić information content (AvgIpc) is 2.83. The van der Waals surface area contributed by atoms with Gasteiger partial charge in [0.1, 0.15) is 5.84 Å². The van der Waals surface area contributed by atoms with Gasteiger partial charge in [-0.1, -0.05) is 0 Å². The number of benzene rings is 1. The molecule has 180 valence electrons. The predicted octanol–water partition coefficient (Wildman–Crippen LogP) is 3.00. The Morgan fingerprint density at radius 2 is 2.00 bits per heavy atom. The van der Waals surface area contributed by atoms with Crippen molar-refractivity contribution in [3.63, 3.8) is 0 Å². The number of anilines is 2. The van der Waals surface area contributed by atoms with E-state index in [-0.39, 0.29) is 35.7 Å². The Balaban J connectivity index is 1.68. The number of ether oxygens (including phenoxy) is 1. The Bertz CT molecular complexity index is 945. The van der Waals surface area contributed by atoms with E-state index in [9.17, 15) is 13.6 Å². The average molecular weight is 463 g/mol. The van der Waals surface area contributed by atoms with E-state index < -0.39 is 6.43 Å². The lowest BCUT2D eigenvalue weighted by molar-refractivity contribution is 0.0798. The maximum Gasteiger partial charge on any atom is 0.317 e. The molecule has 4 rings (SSSR count). The maximum absolute atomic E-state index is 13.5. The molecule has 3 heterocycles. The van der Waals surface area contributed by atoms with Crippen LogP contribution < -0.4 is 21.3 Å². The van der Waals surface area contributed by atoms with Gasteiger partial charge in [0.25, 0.3) is 6.43 Å². The molecule has 0 radical (unpaired) electrons. The summed E-state index contributed by atoms with van der Waals surface area (Å²) in [5, 5.41) is 15.4. The molecule has 0 aromatic heterocycles. The lowest BCUT2D eigenvalue weighted by atomic mass is 9.95. The smallest absolute Gasteiger partial charge is 0.317 e. The first-order valence-electron chi connectivity index (χ1n) is 11.5. The van der Waals surface area contributed by atoms with Crippen molar-refractivity contribution in [2.45, 2.75) is 44.6 Å². The van der Waals surface area contributed by atoms with Crippen LogP contribution in [-0.2, 0) is 11.2 Å². The summed E-state index contributed by atoms with van der Waals surface area (Å²) < 4.78 is 32.6. The number of carbonyl (C=O) groups is 1. The van der Waals surface area contributed by atoms with Gasteiger partial charge in [-0.05, 0) is 43.4 Å². The van der Waals surface area contributed by atoms with Gasteiger partial charge in [0.05, 0.1) is 6.54 Å². The summed E-state index contributed by atoms with van der Waals surface area (Å²) in [7, 11) is 1.59. The van der Waals surface area contributed by atoms with Crippen molar-refractivity contribution >= 4 is 23.2 Å². The molecule has 1 fully saturated rings. The van der Waals surface area contributed by atoms with E-state index in [1.165, 1.54) is 6.07 Å². The summed E-state index contributed by atoms with van der Waals surface area (Å²) in [5.74, 6) is 0.240. The number of amides is 2. The number of carbonyl (C=O) groups excluding carboxylic acids is 1. The van der Waals surface area contributed by atoms with Gasteiger partial charge in [-0.3, -0.25) is 5.41 Å². The number of rotatable bonds is 4. The number of amidine groups is 1. The second-order valence-electron chi connectivity index (χ2n) is 8.73. The number of hydrogen-bond acceptors (Lipinski definition) is 5. The first-order chi connectivity index (χ1) is 15.9. The highest BCUT2D eigenvalue weighted by Gasteiger charge is 2.31. The van der Waals surface area contributed by atoms with E-state index in [1.54, 1.807) is 22.9 Å². The summed E-state index contributed by atoms with van der Waals surface area (Å²) in [5.41, 5.74) is 8.88. The van der Waals surface area contributed by atoms with Crippen LogP contribution in [0.25, 0.3) is 0 Å². The number of nitrogens with two attached hydrogens (primary N) is 1. The van der Waals surface area contributed by atoms with Crippen LogP contribution >= 0.6 is 0 Å². The van der Waals surface area contributed by atoms with Crippen molar-refractivity contribution in [1.82, 2.24) is 15.5 Å². The molecule has 0 spiro atoms. The Kier molecular flexibility index (Phi) is 7.02. The first kappa shape index (κ1) is 23.3. The van der Waals surface area contributed by atoms with E-state index in [0.29, 0.717) is 38.4 Å². The van der Waals surface area contributed by atoms with Gasteiger partial charge in [0, 0.05) is 74.0 Å². The summed E-state index contributed by atoms with van der Waals surface area (Å²) in [6, 6.07) is 3.09. The number of aryl methyl sites for hydroxylation is 1. The molecular formula is C23H32F2N6O2. The lowest BCUT2D eigenvalue weighted by Crippen LogP contribution is -2.48. The molecule has 0 aliphatic carbocycles. The first-order valence-corrected chi connectivity index (χ1v) is 11.5. The van der Waals surface area contributed by atoms with E-state index >= 15 is 0 Å². The highest BCUT2D eigenvalue weighted by atomic mass is 19.3. The second kappa shape index (κ2) is 9.94. The quantitative estimate of drug-likeness (QED) is 0.313. The topological polar surface area (TPSA) is 107 Å². The van der Waals surface area contributed by atoms with Crippen LogP contribution in [-0.4, -0.2) is 62.7 Å². The van der Waals surface area contributed by atoms with Crippen LogP contribution in [0.1, 0.15) is 43.2 Å². The molecule has 3 aliphatic rings. The molecule has 10 heteroatoms. The third-order valence-electron chi connectivity index (χ3n) is 6.64. The van der Waals surface area contributed by atoms with E-state index in [0.717, 1.165) is 42.5 Å². The van der Waals surface area contributed by atoms with E-state index in [4.69, 9.17) is 15.9 Å². The monoisotopic (exact) mass is 462 g/mol. The van der Waals surface area contributed by atoms with Gasteiger partial charge in [-0.25, -0.2) is 13.6 Å². The fourth-order valence-corrected chi connectivity index (χ4v) is 4.81. The molecule has 8 nitrogen and oxygen atoms in total. The molecule has 3 aliphatic heterocycles.